The Balaban J connectivity index is 2.39. The number of benzene rings is 2. The van der Waals surface area contributed by atoms with Crippen molar-refractivity contribution < 1.29 is 17.9 Å². The highest BCUT2D eigenvalue weighted by Gasteiger charge is 2.20. The van der Waals surface area contributed by atoms with Crippen LogP contribution < -0.4 is 11.1 Å². The summed E-state index contributed by atoms with van der Waals surface area (Å²) in [4.78, 5) is 12.7. The van der Waals surface area contributed by atoms with Crippen LogP contribution in [0.25, 0.3) is 0 Å². The lowest BCUT2D eigenvalue weighted by atomic mass is 9.97. The number of nitrogens with one attached hydrogen (secondary N) is 1. The summed E-state index contributed by atoms with van der Waals surface area (Å²) in [6.45, 7) is 2.22. The Morgan fingerprint density at radius 1 is 1.15 bits per heavy atom. The standard InChI is InChI=1S/C20H26N2O4S/c1-14-7-9-15(10-8-14)20(22-19(23)12-17(13-21)26-2)16-5-4-6-18(11-16)27(3,24)25/h4-11,17,20H,12-13,21H2,1-3H3,(H,22,23). The van der Waals surface area contributed by atoms with Gasteiger partial charge in [-0.1, -0.05) is 42.0 Å². The van der Waals surface area contributed by atoms with Crippen LogP contribution in [0.2, 0.25) is 0 Å². The first kappa shape index (κ1) is 21.1. The second-order valence-corrected chi connectivity index (χ2v) is 8.57. The van der Waals surface area contributed by atoms with Crippen molar-refractivity contribution in [3.63, 3.8) is 0 Å². The first-order valence-corrected chi connectivity index (χ1v) is 10.5. The van der Waals surface area contributed by atoms with Gasteiger partial charge in [-0.3, -0.25) is 4.79 Å². The lowest BCUT2D eigenvalue weighted by Gasteiger charge is -2.22. The molecule has 0 radical (unpaired) electrons. The third kappa shape index (κ3) is 5.89. The smallest absolute Gasteiger partial charge is 0.223 e. The minimum Gasteiger partial charge on any atom is -0.380 e. The molecule has 0 aliphatic heterocycles. The topological polar surface area (TPSA) is 98.5 Å². The molecule has 0 aliphatic rings. The van der Waals surface area contributed by atoms with Gasteiger partial charge in [-0.2, -0.15) is 0 Å². The zero-order valence-electron chi connectivity index (χ0n) is 15.8. The predicted molar refractivity (Wildman–Crippen MR) is 105 cm³/mol. The molecule has 0 aromatic heterocycles. The van der Waals surface area contributed by atoms with Gasteiger partial charge in [-0.25, -0.2) is 8.42 Å². The number of aryl methyl sites for hydroxylation is 1. The number of hydrogen-bond acceptors (Lipinski definition) is 5. The SMILES string of the molecule is COC(CN)CC(=O)NC(c1ccc(C)cc1)c1cccc(S(C)(=O)=O)c1. The molecule has 0 heterocycles. The van der Waals surface area contributed by atoms with E-state index in [0.717, 1.165) is 17.4 Å². The Morgan fingerprint density at radius 2 is 1.81 bits per heavy atom. The fourth-order valence-electron chi connectivity index (χ4n) is 2.73. The molecule has 2 rings (SSSR count). The fourth-order valence-corrected chi connectivity index (χ4v) is 3.41. The molecule has 0 saturated heterocycles. The molecule has 2 unspecified atom stereocenters. The number of methoxy groups -OCH3 is 1. The first-order valence-electron chi connectivity index (χ1n) is 8.63. The Morgan fingerprint density at radius 3 is 2.37 bits per heavy atom. The number of carbonyl (C=O) groups is 1. The van der Waals surface area contributed by atoms with Gasteiger partial charge in [0.25, 0.3) is 0 Å². The summed E-state index contributed by atoms with van der Waals surface area (Å²) in [7, 11) is -1.84. The highest BCUT2D eigenvalue weighted by Crippen LogP contribution is 2.25. The van der Waals surface area contributed by atoms with Gasteiger partial charge in [0.2, 0.25) is 5.91 Å². The fraction of sp³-hybridized carbons (Fsp3) is 0.350. The van der Waals surface area contributed by atoms with Crippen molar-refractivity contribution in [1.82, 2.24) is 5.32 Å². The summed E-state index contributed by atoms with van der Waals surface area (Å²) in [6.07, 6.45) is 0.919. The maximum Gasteiger partial charge on any atom is 0.223 e. The quantitative estimate of drug-likeness (QED) is 0.718. The average Bonchev–Trinajstić information content (AvgIpc) is 2.64. The minimum atomic E-state index is -3.35. The van der Waals surface area contributed by atoms with E-state index in [2.05, 4.69) is 5.32 Å². The van der Waals surface area contributed by atoms with E-state index >= 15 is 0 Å². The highest BCUT2D eigenvalue weighted by atomic mass is 32.2. The molecule has 2 aromatic rings. The summed E-state index contributed by atoms with van der Waals surface area (Å²) in [5.74, 6) is -0.220. The Bertz CT molecular complexity index is 875. The van der Waals surface area contributed by atoms with E-state index in [0.29, 0.717) is 5.56 Å². The molecule has 0 saturated carbocycles. The van der Waals surface area contributed by atoms with Crippen molar-refractivity contribution in [2.75, 3.05) is 19.9 Å². The summed E-state index contributed by atoms with van der Waals surface area (Å²) in [5.41, 5.74) is 8.24. The third-order valence-corrected chi connectivity index (χ3v) is 5.46. The van der Waals surface area contributed by atoms with Gasteiger partial charge in [-0.05, 0) is 30.2 Å². The van der Waals surface area contributed by atoms with E-state index in [1.54, 1.807) is 24.3 Å². The van der Waals surface area contributed by atoms with Crippen LogP contribution in [-0.2, 0) is 19.4 Å². The van der Waals surface area contributed by atoms with Crippen molar-refractivity contribution >= 4 is 15.7 Å². The molecule has 146 valence electrons. The van der Waals surface area contributed by atoms with Gasteiger partial charge in [0, 0.05) is 19.9 Å². The van der Waals surface area contributed by atoms with Crippen LogP contribution in [0.1, 0.15) is 29.2 Å². The molecule has 3 N–H and O–H groups in total. The predicted octanol–water partition coefficient (Wildman–Crippen LogP) is 1.97. The van der Waals surface area contributed by atoms with E-state index < -0.39 is 15.9 Å². The van der Waals surface area contributed by atoms with Crippen LogP contribution in [0, 0.1) is 6.92 Å². The first-order chi connectivity index (χ1) is 12.7. The van der Waals surface area contributed by atoms with Gasteiger partial charge >= 0.3 is 0 Å². The molecule has 1 amide bonds. The number of hydrogen-bond donors (Lipinski definition) is 2. The van der Waals surface area contributed by atoms with Crippen molar-refractivity contribution in [3.05, 3.63) is 65.2 Å². The van der Waals surface area contributed by atoms with Crippen molar-refractivity contribution in [2.24, 2.45) is 5.73 Å². The molecule has 0 spiro atoms. The summed E-state index contributed by atoms with van der Waals surface area (Å²) in [5, 5.41) is 2.98. The monoisotopic (exact) mass is 390 g/mol. The normalized spacial score (nSPS) is 13.8. The van der Waals surface area contributed by atoms with Gasteiger partial charge < -0.3 is 15.8 Å². The number of ether oxygens (including phenoxy) is 1. The summed E-state index contributed by atoms with van der Waals surface area (Å²) in [6, 6.07) is 13.9. The highest BCUT2D eigenvalue weighted by molar-refractivity contribution is 7.90. The van der Waals surface area contributed by atoms with E-state index in [-0.39, 0.29) is 29.9 Å². The van der Waals surface area contributed by atoms with Crippen molar-refractivity contribution in [1.29, 1.82) is 0 Å². The minimum absolute atomic E-state index is 0.126. The maximum atomic E-state index is 12.5. The van der Waals surface area contributed by atoms with Gasteiger partial charge in [0.05, 0.1) is 23.5 Å². The lowest BCUT2D eigenvalue weighted by Crippen LogP contribution is -2.35. The molecule has 7 heteroatoms. The second kappa shape index (κ2) is 9.12. The Labute approximate surface area is 160 Å². The molecule has 0 aliphatic carbocycles. The van der Waals surface area contributed by atoms with Crippen LogP contribution in [-0.4, -0.2) is 40.3 Å². The number of sulfone groups is 1. The Kier molecular flexibility index (Phi) is 7.12. The molecular weight excluding hydrogens is 364 g/mol. The number of rotatable bonds is 8. The van der Waals surface area contributed by atoms with Gasteiger partial charge in [0.15, 0.2) is 9.84 Å². The molecule has 6 nitrogen and oxygen atoms in total. The molecule has 0 fully saturated rings. The van der Waals surface area contributed by atoms with Gasteiger partial charge in [-0.15, -0.1) is 0 Å². The zero-order chi connectivity index (χ0) is 20.0. The van der Waals surface area contributed by atoms with Crippen LogP contribution in [0.4, 0.5) is 0 Å². The second-order valence-electron chi connectivity index (χ2n) is 6.55. The number of carbonyl (C=O) groups excluding carboxylic acids is 1. The zero-order valence-corrected chi connectivity index (χ0v) is 16.6. The summed E-state index contributed by atoms with van der Waals surface area (Å²) >= 11 is 0. The van der Waals surface area contributed by atoms with Crippen molar-refractivity contribution in [3.8, 4) is 0 Å². The van der Waals surface area contributed by atoms with Crippen LogP contribution >= 0.6 is 0 Å². The number of amides is 1. The maximum absolute atomic E-state index is 12.5. The largest absolute Gasteiger partial charge is 0.380 e. The van der Waals surface area contributed by atoms with E-state index in [1.165, 1.54) is 7.11 Å². The molecule has 27 heavy (non-hydrogen) atoms. The van der Waals surface area contributed by atoms with Gasteiger partial charge in [0.1, 0.15) is 0 Å². The molecule has 2 aromatic carbocycles. The van der Waals surface area contributed by atoms with Crippen LogP contribution in [0.5, 0.6) is 0 Å². The molecular formula is C20H26N2O4S. The van der Waals surface area contributed by atoms with Crippen LogP contribution in [0.15, 0.2) is 53.4 Å². The third-order valence-electron chi connectivity index (χ3n) is 4.34. The number of nitrogens with two attached hydrogens (primary N) is 1. The van der Waals surface area contributed by atoms with Crippen LogP contribution in [0.3, 0.4) is 0 Å². The molecule has 2 atom stereocenters. The molecule has 0 bridgehead atoms. The lowest BCUT2D eigenvalue weighted by molar-refractivity contribution is -0.123. The van der Waals surface area contributed by atoms with Crippen molar-refractivity contribution in [2.45, 2.75) is 30.4 Å². The van der Waals surface area contributed by atoms with E-state index in [9.17, 15) is 13.2 Å². The average molecular weight is 391 g/mol. The van der Waals surface area contributed by atoms with E-state index in [1.807, 2.05) is 31.2 Å². The Hall–Kier alpha value is -2.22. The summed E-state index contributed by atoms with van der Waals surface area (Å²) < 4.78 is 29.0. The van der Waals surface area contributed by atoms with E-state index in [4.69, 9.17) is 10.5 Å².